The maximum atomic E-state index is 13.7. The summed E-state index contributed by atoms with van der Waals surface area (Å²) in [5.41, 5.74) is -0.00991. The first-order chi connectivity index (χ1) is 16.4. The molecule has 3 N–H and O–H groups in total. The summed E-state index contributed by atoms with van der Waals surface area (Å²) >= 11 is 1.50. The Kier molecular flexibility index (Phi) is 12.0. The standard InChI is InChI=1S/C26H39N3O5S/c1-9-12-18(4)27-23(31)21(19-14-11-13-17(3)22(19)30)29(10-2)24(32)20(15-16-35-8)28-25(33)34-26(5,6)7/h2,11,13-14,18,20-21,30H,9,12,15-16H2,1,3-8H3,(H,27,31)(H,28,33). The van der Waals surface area contributed by atoms with E-state index in [1.807, 2.05) is 20.1 Å². The molecule has 0 bridgehead atoms. The third-order valence-electron chi connectivity index (χ3n) is 5.16. The number of nitrogens with one attached hydrogen (secondary N) is 2. The summed E-state index contributed by atoms with van der Waals surface area (Å²) in [7, 11) is 0. The Morgan fingerprint density at radius 3 is 2.43 bits per heavy atom. The van der Waals surface area contributed by atoms with Crippen molar-refractivity contribution < 1.29 is 24.2 Å². The van der Waals surface area contributed by atoms with Gasteiger partial charge in [-0.2, -0.15) is 11.8 Å². The fourth-order valence-corrected chi connectivity index (χ4v) is 3.97. The van der Waals surface area contributed by atoms with E-state index in [-0.39, 0.29) is 23.8 Å². The Morgan fingerprint density at radius 2 is 1.89 bits per heavy atom. The lowest BCUT2D eigenvalue weighted by molar-refractivity contribution is -0.139. The van der Waals surface area contributed by atoms with Gasteiger partial charge >= 0.3 is 6.09 Å². The average molecular weight is 506 g/mol. The van der Waals surface area contributed by atoms with E-state index < -0.39 is 35.6 Å². The lowest BCUT2D eigenvalue weighted by atomic mass is 9.99. The molecule has 3 unspecified atom stereocenters. The van der Waals surface area contributed by atoms with Gasteiger partial charge in [-0.05, 0) is 65.0 Å². The molecule has 1 aromatic rings. The zero-order valence-corrected chi connectivity index (χ0v) is 22.6. The predicted octanol–water partition coefficient (Wildman–Crippen LogP) is 4.11. The highest BCUT2D eigenvalue weighted by Crippen LogP contribution is 2.32. The molecule has 1 aromatic carbocycles. The number of carbonyl (C=O) groups excluding carboxylic acids is 3. The molecule has 3 atom stereocenters. The maximum Gasteiger partial charge on any atom is 0.408 e. The second-order valence-corrected chi connectivity index (χ2v) is 10.4. The first-order valence-electron chi connectivity index (χ1n) is 11.7. The highest BCUT2D eigenvalue weighted by Gasteiger charge is 2.37. The number of alkyl carbamates (subject to hydrolysis) is 1. The van der Waals surface area contributed by atoms with Gasteiger partial charge < -0.3 is 20.5 Å². The van der Waals surface area contributed by atoms with Crippen molar-refractivity contribution >= 4 is 29.7 Å². The van der Waals surface area contributed by atoms with Crippen LogP contribution in [0.3, 0.4) is 0 Å². The van der Waals surface area contributed by atoms with Crippen LogP contribution in [0.25, 0.3) is 0 Å². The van der Waals surface area contributed by atoms with Crippen LogP contribution in [0.2, 0.25) is 0 Å². The number of phenols is 1. The van der Waals surface area contributed by atoms with Gasteiger partial charge in [-0.3, -0.25) is 14.5 Å². The lowest BCUT2D eigenvalue weighted by Gasteiger charge is -2.31. The molecular formula is C26H39N3O5S. The largest absolute Gasteiger partial charge is 0.507 e. The normalized spacial score (nSPS) is 13.7. The molecular weight excluding hydrogens is 466 g/mol. The summed E-state index contributed by atoms with van der Waals surface area (Å²) in [5, 5.41) is 16.2. The van der Waals surface area contributed by atoms with E-state index in [1.165, 1.54) is 11.8 Å². The molecule has 0 saturated heterocycles. The number of hydrogen-bond acceptors (Lipinski definition) is 6. The van der Waals surface area contributed by atoms with Crippen molar-refractivity contribution in [3.05, 3.63) is 29.3 Å². The van der Waals surface area contributed by atoms with Crippen molar-refractivity contribution in [2.45, 2.75) is 84.5 Å². The minimum atomic E-state index is -1.29. The molecule has 8 nitrogen and oxygen atoms in total. The molecule has 194 valence electrons. The van der Waals surface area contributed by atoms with Gasteiger partial charge in [-0.25, -0.2) is 4.79 Å². The van der Waals surface area contributed by atoms with Crippen LogP contribution in [0.5, 0.6) is 5.75 Å². The predicted molar refractivity (Wildman–Crippen MR) is 140 cm³/mol. The van der Waals surface area contributed by atoms with Gasteiger partial charge in [0.15, 0.2) is 6.04 Å². The van der Waals surface area contributed by atoms with Crippen LogP contribution in [0, 0.1) is 19.4 Å². The monoisotopic (exact) mass is 505 g/mol. The minimum Gasteiger partial charge on any atom is -0.507 e. The number of terminal acetylenes is 1. The fraction of sp³-hybridized carbons (Fsp3) is 0.577. The number of rotatable bonds is 11. The molecule has 1 rings (SSSR count). The van der Waals surface area contributed by atoms with E-state index in [2.05, 4.69) is 16.7 Å². The number of hydrogen-bond donors (Lipinski definition) is 3. The molecule has 0 fully saturated rings. The van der Waals surface area contributed by atoms with Crippen LogP contribution in [0.1, 0.15) is 71.0 Å². The summed E-state index contributed by atoms with van der Waals surface area (Å²) in [5.74, 6) is -0.717. The van der Waals surface area contributed by atoms with Crippen molar-refractivity contribution in [1.29, 1.82) is 0 Å². The van der Waals surface area contributed by atoms with E-state index in [0.29, 0.717) is 11.3 Å². The Hall–Kier alpha value is -2.86. The molecule has 0 aromatic heterocycles. The first-order valence-corrected chi connectivity index (χ1v) is 13.1. The van der Waals surface area contributed by atoms with Crippen molar-refractivity contribution in [3.63, 3.8) is 0 Å². The third-order valence-corrected chi connectivity index (χ3v) is 5.80. The summed E-state index contributed by atoms with van der Waals surface area (Å²) in [6.07, 6.45) is 8.76. The Balaban J connectivity index is 3.43. The smallest absolute Gasteiger partial charge is 0.408 e. The Bertz CT molecular complexity index is 923. The van der Waals surface area contributed by atoms with Gasteiger partial charge in [0.25, 0.3) is 5.91 Å². The lowest BCUT2D eigenvalue weighted by Crippen LogP contribution is -2.52. The number of phenolic OH excluding ortho intramolecular Hbond substituents is 1. The number of thioether (sulfide) groups is 1. The number of amides is 3. The number of aryl methyl sites for hydroxylation is 1. The third kappa shape index (κ3) is 9.36. The van der Waals surface area contributed by atoms with Crippen molar-refractivity contribution in [2.24, 2.45) is 0 Å². The number of ether oxygens (including phenoxy) is 1. The molecule has 0 aliphatic rings. The fourth-order valence-electron chi connectivity index (χ4n) is 3.50. The van der Waals surface area contributed by atoms with E-state index in [0.717, 1.165) is 17.7 Å². The maximum absolute atomic E-state index is 13.7. The number of para-hydroxylation sites is 1. The van der Waals surface area contributed by atoms with E-state index in [4.69, 9.17) is 11.2 Å². The van der Waals surface area contributed by atoms with E-state index >= 15 is 0 Å². The highest BCUT2D eigenvalue weighted by atomic mass is 32.2. The minimum absolute atomic E-state index is 0.121. The quantitative estimate of drug-likeness (QED) is 0.309. The zero-order valence-electron chi connectivity index (χ0n) is 21.8. The average Bonchev–Trinajstić information content (AvgIpc) is 2.75. The molecule has 0 aliphatic carbocycles. The molecule has 3 amide bonds. The van der Waals surface area contributed by atoms with Crippen LogP contribution in [-0.2, 0) is 14.3 Å². The summed E-state index contributed by atoms with van der Waals surface area (Å²) in [6.45, 7) is 10.7. The molecule has 0 saturated carbocycles. The molecule has 35 heavy (non-hydrogen) atoms. The van der Waals surface area contributed by atoms with Gasteiger partial charge in [-0.15, -0.1) is 0 Å². The number of nitrogens with zero attached hydrogens (tertiary/aromatic N) is 1. The molecule has 0 aliphatic heterocycles. The van der Waals surface area contributed by atoms with Gasteiger partial charge in [0, 0.05) is 17.6 Å². The van der Waals surface area contributed by atoms with Crippen LogP contribution >= 0.6 is 11.8 Å². The summed E-state index contributed by atoms with van der Waals surface area (Å²) < 4.78 is 5.32. The van der Waals surface area contributed by atoms with Gasteiger partial charge in [-0.1, -0.05) is 38.0 Å². The second-order valence-electron chi connectivity index (χ2n) is 9.43. The molecule has 0 heterocycles. The topological polar surface area (TPSA) is 108 Å². The zero-order chi connectivity index (χ0) is 26.8. The summed E-state index contributed by atoms with van der Waals surface area (Å²) in [6, 6.07) is 4.79. The van der Waals surface area contributed by atoms with Crippen LogP contribution in [0.4, 0.5) is 4.79 Å². The SMILES string of the molecule is C#CN(C(=O)C(CCSC)NC(=O)OC(C)(C)C)C(C(=O)NC(C)CCC)c1cccc(C)c1O. The van der Waals surface area contributed by atoms with Crippen molar-refractivity contribution in [3.8, 4) is 18.2 Å². The van der Waals surface area contributed by atoms with E-state index in [9.17, 15) is 19.5 Å². The Labute approximate surface area is 213 Å². The van der Waals surface area contributed by atoms with Crippen LogP contribution < -0.4 is 10.6 Å². The number of aromatic hydroxyl groups is 1. The molecule has 9 heteroatoms. The van der Waals surface area contributed by atoms with Crippen molar-refractivity contribution in [1.82, 2.24) is 15.5 Å². The van der Waals surface area contributed by atoms with Crippen LogP contribution in [-0.4, -0.2) is 57.6 Å². The molecule has 0 radical (unpaired) electrons. The Morgan fingerprint density at radius 1 is 1.23 bits per heavy atom. The van der Waals surface area contributed by atoms with Crippen molar-refractivity contribution in [2.75, 3.05) is 12.0 Å². The molecule has 0 spiro atoms. The number of carbonyl (C=O) groups is 3. The van der Waals surface area contributed by atoms with Gasteiger partial charge in [0.05, 0.1) is 0 Å². The summed E-state index contributed by atoms with van der Waals surface area (Å²) in [4.78, 5) is 40.5. The van der Waals surface area contributed by atoms with Gasteiger partial charge in [0.1, 0.15) is 17.4 Å². The van der Waals surface area contributed by atoms with Gasteiger partial charge in [0.2, 0.25) is 5.91 Å². The van der Waals surface area contributed by atoms with Crippen LogP contribution in [0.15, 0.2) is 18.2 Å². The second kappa shape index (κ2) is 13.9. The number of benzene rings is 1. The van der Waals surface area contributed by atoms with E-state index in [1.54, 1.807) is 45.9 Å². The highest BCUT2D eigenvalue weighted by molar-refractivity contribution is 7.98. The first kappa shape index (κ1) is 30.2.